The Morgan fingerprint density at radius 1 is 1.26 bits per heavy atom. The number of fused-ring (bicyclic) bond motifs is 1. The number of rotatable bonds is 7. The fourth-order valence-corrected chi connectivity index (χ4v) is 4.75. The van der Waals surface area contributed by atoms with E-state index in [9.17, 15) is 9.59 Å². The highest BCUT2D eigenvalue weighted by Gasteiger charge is 2.40. The normalized spacial score (nSPS) is 16.0. The average molecular weight is 451 g/mol. The number of nitrogens with zero attached hydrogens (tertiary/aromatic N) is 1. The van der Waals surface area contributed by atoms with Crippen LogP contribution >= 0.6 is 24.0 Å². The minimum Gasteiger partial charge on any atom is -0.362 e. The van der Waals surface area contributed by atoms with Crippen LogP contribution in [0.1, 0.15) is 12.8 Å². The van der Waals surface area contributed by atoms with Crippen LogP contribution in [0.25, 0.3) is 10.9 Å². The van der Waals surface area contributed by atoms with E-state index in [0.29, 0.717) is 17.3 Å². The van der Waals surface area contributed by atoms with Gasteiger partial charge < -0.3 is 15.6 Å². The predicted octanol–water partition coefficient (Wildman–Crippen LogP) is 4.45. The molecule has 1 aliphatic heterocycles. The molecule has 2 heterocycles. The lowest BCUT2D eigenvalue weighted by Gasteiger charge is -2.15. The van der Waals surface area contributed by atoms with Crippen LogP contribution in [-0.2, 0) is 9.59 Å². The average Bonchev–Trinajstić information content (AvgIpc) is 3.32. The number of hydrogen-bond acceptors (Lipinski definition) is 4. The molecule has 1 atom stereocenters. The molecule has 4 rings (SSSR count). The van der Waals surface area contributed by atoms with Crippen LogP contribution in [-0.4, -0.2) is 33.7 Å². The van der Waals surface area contributed by atoms with Crippen LogP contribution in [0.2, 0.25) is 0 Å². The highest BCUT2D eigenvalue weighted by molar-refractivity contribution is 8.00. The first-order chi connectivity index (χ1) is 15.0. The van der Waals surface area contributed by atoms with E-state index in [-0.39, 0.29) is 18.2 Å². The third-order valence-electron chi connectivity index (χ3n) is 4.91. The molecule has 2 aromatic carbocycles. The van der Waals surface area contributed by atoms with Gasteiger partial charge in [-0.3, -0.25) is 9.59 Å². The molecule has 1 fully saturated rings. The lowest BCUT2D eigenvalue weighted by molar-refractivity contribution is -0.121. The van der Waals surface area contributed by atoms with E-state index in [1.165, 1.54) is 16.7 Å². The Bertz CT molecular complexity index is 1160. The van der Waals surface area contributed by atoms with E-state index >= 15 is 0 Å². The monoisotopic (exact) mass is 450 g/mol. The first-order valence-electron chi connectivity index (χ1n) is 9.91. The first-order valence-corrected chi connectivity index (χ1v) is 11.2. The molecule has 1 aliphatic rings. The van der Waals surface area contributed by atoms with Crippen molar-refractivity contribution in [2.75, 3.05) is 16.8 Å². The van der Waals surface area contributed by atoms with Gasteiger partial charge in [-0.2, -0.15) is 0 Å². The third-order valence-corrected chi connectivity index (χ3v) is 6.33. The summed E-state index contributed by atoms with van der Waals surface area (Å²) in [4.78, 5) is 31.0. The van der Waals surface area contributed by atoms with Gasteiger partial charge in [0.2, 0.25) is 11.8 Å². The van der Waals surface area contributed by atoms with Crippen molar-refractivity contribution in [1.82, 2.24) is 10.3 Å². The zero-order valence-corrected chi connectivity index (χ0v) is 18.4. The van der Waals surface area contributed by atoms with E-state index < -0.39 is 5.25 Å². The van der Waals surface area contributed by atoms with E-state index in [1.54, 1.807) is 0 Å². The van der Waals surface area contributed by atoms with Gasteiger partial charge in [0.1, 0.15) is 0 Å². The molecule has 158 valence electrons. The zero-order chi connectivity index (χ0) is 21.8. The van der Waals surface area contributed by atoms with Crippen LogP contribution in [0, 0.1) is 0 Å². The van der Waals surface area contributed by atoms with Crippen molar-refractivity contribution < 1.29 is 9.59 Å². The molecule has 3 aromatic rings. The SMILES string of the molecule is C=CCCNC(=S)Nc1cccc(SC2CC(=O)N(c3ccc4cc[nH]c4c3)C2=O)c1. The molecule has 0 radical (unpaired) electrons. The number of carbonyl (C=O) groups excluding carboxylic acids is 2. The van der Waals surface area contributed by atoms with E-state index in [2.05, 4.69) is 22.2 Å². The third kappa shape index (κ3) is 4.81. The Hall–Kier alpha value is -3.10. The van der Waals surface area contributed by atoms with E-state index in [4.69, 9.17) is 12.2 Å². The summed E-state index contributed by atoms with van der Waals surface area (Å²) in [5.41, 5.74) is 2.32. The second-order valence-electron chi connectivity index (χ2n) is 7.11. The van der Waals surface area contributed by atoms with Gasteiger partial charge in [-0.25, -0.2) is 4.90 Å². The topological polar surface area (TPSA) is 77.2 Å². The number of thioether (sulfide) groups is 1. The minimum atomic E-state index is -0.459. The van der Waals surface area contributed by atoms with Gasteiger partial charge in [0.25, 0.3) is 0 Å². The van der Waals surface area contributed by atoms with Gasteiger partial charge in [0.15, 0.2) is 5.11 Å². The molecule has 0 aliphatic carbocycles. The van der Waals surface area contributed by atoms with Gasteiger partial charge in [-0.1, -0.05) is 18.2 Å². The summed E-state index contributed by atoms with van der Waals surface area (Å²) in [6.45, 7) is 4.40. The summed E-state index contributed by atoms with van der Waals surface area (Å²) < 4.78 is 0. The van der Waals surface area contributed by atoms with Crippen molar-refractivity contribution in [3.05, 3.63) is 67.4 Å². The summed E-state index contributed by atoms with van der Waals surface area (Å²) in [6, 6.07) is 15.2. The summed E-state index contributed by atoms with van der Waals surface area (Å²) in [5.74, 6) is -0.379. The molecule has 6 nitrogen and oxygen atoms in total. The van der Waals surface area contributed by atoms with Gasteiger partial charge >= 0.3 is 0 Å². The molecule has 1 aromatic heterocycles. The Morgan fingerprint density at radius 2 is 2.13 bits per heavy atom. The van der Waals surface area contributed by atoms with Crippen LogP contribution in [0.5, 0.6) is 0 Å². The second-order valence-corrected chi connectivity index (χ2v) is 8.80. The van der Waals surface area contributed by atoms with E-state index in [1.807, 2.05) is 60.8 Å². The van der Waals surface area contributed by atoms with Gasteiger partial charge in [0.05, 0.1) is 10.9 Å². The quantitative estimate of drug-likeness (QED) is 0.214. The summed E-state index contributed by atoms with van der Waals surface area (Å²) in [6.07, 6.45) is 4.66. The van der Waals surface area contributed by atoms with Crippen LogP contribution in [0.15, 0.2) is 72.3 Å². The van der Waals surface area contributed by atoms with Crippen molar-refractivity contribution >= 4 is 63.2 Å². The number of aromatic amines is 1. The number of benzene rings is 2. The standard InChI is InChI=1S/C23H22N4O2S2/c1-2-3-10-25-23(30)26-16-5-4-6-18(12-16)31-20-14-21(28)27(22(20)29)17-8-7-15-9-11-24-19(15)13-17/h2,4-9,11-13,20,24H,1,3,10,14H2,(H2,25,26,30). The number of anilines is 2. The lowest BCUT2D eigenvalue weighted by atomic mass is 10.2. The Morgan fingerprint density at radius 3 is 2.97 bits per heavy atom. The van der Waals surface area contributed by atoms with E-state index in [0.717, 1.165) is 27.9 Å². The van der Waals surface area contributed by atoms with Crippen molar-refractivity contribution in [2.24, 2.45) is 0 Å². The minimum absolute atomic E-state index is 0.172. The zero-order valence-electron chi connectivity index (χ0n) is 16.8. The van der Waals surface area contributed by atoms with Crippen molar-refractivity contribution in [2.45, 2.75) is 23.0 Å². The molecule has 1 saturated heterocycles. The second kappa shape index (κ2) is 9.36. The van der Waals surface area contributed by atoms with Crippen LogP contribution in [0.4, 0.5) is 11.4 Å². The molecule has 3 N–H and O–H groups in total. The fourth-order valence-electron chi connectivity index (χ4n) is 3.42. The van der Waals surface area contributed by atoms with Crippen molar-refractivity contribution in [3.63, 3.8) is 0 Å². The molecule has 0 saturated carbocycles. The number of aromatic nitrogens is 1. The molecule has 0 bridgehead atoms. The molecular weight excluding hydrogens is 428 g/mol. The molecule has 2 amide bonds. The van der Waals surface area contributed by atoms with Crippen LogP contribution in [0.3, 0.4) is 0 Å². The maximum absolute atomic E-state index is 13.0. The lowest BCUT2D eigenvalue weighted by Crippen LogP contribution is -2.31. The van der Waals surface area contributed by atoms with Gasteiger partial charge in [-0.05, 0) is 60.4 Å². The predicted molar refractivity (Wildman–Crippen MR) is 131 cm³/mol. The van der Waals surface area contributed by atoms with Gasteiger partial charge in [-0.15, -0.1) is 18.3 Å². The highest BCUT2D eigenvalue weighted by Crippen LogP contribution is 2.35. The number of hydrogen-bond donors (Lipinski definition) is 3. The Labute approximate surface area is 190 Å². The first kappa shape index (κ1) is 21.1. The van der Waals surface area contributed by atoms with Crippen molar-refractivity contribution in [3.8, 4) is 0 Å². The Kier molecular flexibility index (Phi) is 6.39. The highest BCUT2D eigenvalue weighted by atomic mass is 32.2. The molecule has 31 heavy (non-hydrogen) atoms. The maximum atomic E-state index is 13.0. The Balaban J connectivity index is 1.44. The summed E-state index contributed by atoms with van der Waals surface area (Å²) in [5, 5.41) is 7.36. The summed E-state index contributed by atoms with van der Waals surface area (Å²) in [7, 11) is 0. The molecule has 8 heteroatoms. The van der Waals surface area contributed by atoms with Crippen LogP contribution < -0.4 is 15.5 Å². The fraction of sp³-hybridized carbons (Fsp3) is 0.174. The molecular formula is C23H22N4O2S2. The molecule has 1 unspecified atom stereocenters. The largest absolute Gasteiger partial charge is 0.362 e. The number of H-pyrrole nitrogens is 1. The molecule has 0 spiro atoms. The maximum Gasteiger partial charge on any atom is 0.247 e. The smallest absolute Gasteiger partial charge is 0.247 e. The van der Waals surface area contributed by atoms with Gasteiger partial charge in [0, 0.05) is 35.3 Å². The number of nitrogens with one attached hydrogen (secondary N) is 3. The van der Waals surface area contributed by atoms with Crippen molar-refractivity contribution in [1.29, 1.82) is 0 Å². The number of amides is 2. The number of carbonyl (C=O) groups is 2. The summed E-state index contributed by atoms with van der Waals surface area (Å²) >= 11 is 6.69. The number of imide groups is 1. The number of thiocarbonyl (C=S) groups is 1.